The molecule has 0 spiro atoms. The van der Waals surface area contributed by atoms with Gasteiger partial charge in [-0.1, -0.05) is 0 Å². The minimum atomic E-state index is -1.88. The van der Waals surface area contributed by atoms with Crippen LogP contribution in [0, 0.1) is 0 Å². The van der Waals surface area contributed by atoms with Crippen molar-refractivity contribution in [2.75, 3.05) is 33.3 Å². The van der Waals surface area contributed by atoms with Crippen molar-refractivity contribution in [1.82, 2.24) is 20.0 Å². The van der Waals surface area contributed by atoms with E-state index in [1.807, 2.05) is 0 Å². The summed E-state index contributed by atoms with van der Waals surface area (Å²) in [5.74, 6) is -3.51. The fourth-order valence-electron chi connectivity index (χ4n) is 2.66. The maximum atomic E-state index is 12.9. The second-order valence-corrected chi connectivity index (χ2v) is 5.76. The van der Waals surface area contributed by atoms with E-state index in [0.717, 1.165) is 7.11 Å². The van der Waals surface area contributed by atoms with Gasteiger partial charge in [0, 0.05) is 26.7 Å². The largest absolute Gasteiger partial charge is 0.349 e. The van der Waals surface area contributed by atoms with Gasteiger partial charge < -0.3 is 20.7 Å². The number of carbonyl (C=O) groups excluding carboxylic acids is 5. The number of ether oxygens (including phenoxy) is 1. The van der Waals surface area contributed by atoms with E-state index in [-0.39, 0.29) is 19.6 Å². The molecule has 11 nitrogen and oxygen atoms in total. The van der Waals surface area contributed by atoms with Crippen molar-refractivity contribution in [2.45, 2.75) is 25.6 Å². The topological polar surface area (TPSA) is 142 Å². The van der Waals surface area contributed by atoms with Gasteiger partial charge in [0.05, 0.1) is 12.6 Å². The predicted molar refractivity (Wildman–Crippen MR) is 82.6 cm³/mol. The van der Waals surface area contributed by atoms with Crippen LogP contribution in [0.5, 0.6) is 0 Å². The molecule has 2 saturated heterocycles. The molecular weight excluding hydrogens is 334 g/mol. The van der Waals surface area contributed by atoms with Gasteiger partial charge in [0.15, 0.2) is 0 Å². The van der Waals surface area contributed by atoms with Gasteiger partial charge >= 0.3 is 17.8 Å². The number of nitrogens with one attached hydrogen (secondary N) is 1. The van der Waals surface area contributed by atoms with Crippen molar-refractivity contribution in [2.24, 2.45) is 5.73 Å². The number of urea groups is 1. The molecule has 11 heteroatoms. The summed E-state index contributed by atoms with van der Waals surface area (Å²) in [4.78, 5) is 64.0. The first kappa shape index (κ1) is 18.8. The Morgan fingerprint density at radius 3 is 2.36 bits per heavy atom. The van der Waals surface area contributed by atoms with Crippen LogP contribution in [0.3, 0.4) is 0 Å². The number of rotatable bonds is 4. The molecule has 0 saturated carbocycles. The summed E-state index contributed by atoms with van der Waals surface area (Å²) in [6.07, 6.45) is 0. The van der Waals surface area contributed by atoms with Crippen LogP contribution in [-0.2, 0) is 23.9 Å². The third-order valence-electron chi connectivity index (χ3n) is 4.26. The smallest absolute Gasteiger partial charge is 0.336 e. The lowest BCUT2D eigenvalue weighted by Gasteiger charge is -2.47. The Balaban J connectivity index is 2.37. The minimum absolute atomic E-state index is 0.0958. The zero-order valence-corrected chi connectivity index (χ0v) is 14.3. The number of hydrogen-bond acceptors (Lipinski definition) is 7. The van der Waals surface area contributed by atoms with Gasteiger partial charge in [-0.2, -0.15) is 0 Å². The molecule has 1 unspecified atom stereocenters. The molecule has 0 aromatic heterocycles. The van der Waals surface area contributed by atoms with Gasteiger partial charge in [-0.05, 0) is 13.8 Å². The van der Waals surface area contributed by atoms with Gasteiger partial charge in [0.2, 0.25) is 11.6 Å². The van der Waals surface area contributed by atoms with Crippen LogP contribution in [0.25, 0.3) is 0 Å². The van der Waals surface area contributed by atoms with E-state index in [4.69, 9.17) is 10.5 Å². The highest BCUT2D eigenvalue weighted by atomic mass is 16.5. The normalized spacial score (nSPS) is 24.6. The lowest BCUT2D eigenvalue weighted by molar-refractivity contribution is -0.190. The van der Waals surface area contributed by atoms with E-state index in [1.165, 1.54) is 11.8 Å². The summed E-state index contributed by atoms with van der Waals surface area (Å²) < 4.78 is 5.12. The number of carbonyl (C=O) groups is 5. The Labute approximate surface area is 144 Å². The number of nitrogens with zero attached hydrogens (tertiary/aromatic N) is 3. The number of amides is 6. The van der Waals surface area contributed by atoms with E-state index in [2.05, 4.69) is 5.32 Å². The molecule has 2 aliphatic rings. The Morgan fingerprint density at radius 1 is 1.32 bits per heavy atom. The Bertz CT molecular complexity index is 631. The fraction of sp³-hybridized carbons (Fsp3) is 0.643. The Hall–Kier alpha value is -2.53. The van der Waals surface area contributed by atoms with Crippen molar-refractivity contribution < 1.29 is 28.7 Å². The molecule has 2 aliphatic heterocycles. The molecule has 2 heterocycles. The number of nitrogens with two attached hydrogens (primary N) is 1. The van der Waals surface area contributed by atoms with E-state index in [0.29, 0.717) is 16.3 Å². The van der Waals surface area contributed by atoms with E-state index >= 15 is 0 Å². The standard InChI is InChI=1S/C14H21N5O6/c1-4-17-5-6-18(11(22)10(17)21)13(24)19(9(20)8(2)15)14(25-3)7-16-12(14)23/h8H,4-7,15H2,1-3H3,(H,16,23)/t8-,14?/m0/s1. The third kappa shape index (κ3) is 2.85. The summed E-state index contributed by atoms with van der Waals surface area (Å²) >= 11 is 0. The third-order valence-corrected chi connectivity index (χ3v) is 4.26. The van der Waals surface area contributed by atoms with E-state index < -0.39 is 41.4 Å². The van der Waals surface area contributed by atoms with Gasteiger partial charge in [0.25, 0.3) is 5.91 Å². The Kier molecular flexibility index (Phi) is 5.09. The molecule has 2 atom stereocenters. The van der Waals surface area contributed by atoms with Crippen molar-refractivity contribution in [1.29, 1.82) is 0 Å². The number of imide groups is 2. The van der Waals surface area contributed by atoms with Crippen molar-refractivity contribution >= 4 is 29.7 Å². The fourth-order valence-corrected chi connectivity index (χ4v) is 2.66. The molecule has 0 radical (unpaired) electrons. The first-order chi connectivity index (χ1) is 11.7. The molecule has 0 aromatic rings. The van der Waals surface area contributed by atoms with Crippen LogP contribution in [0.15, 0.2) is 0 Å². The molecule has 0 bridgehead atoms. The maximum Gasteiger partial charge on any atom is 0.336 e. The lowest BCUT2D eigenvalue weighted by Crippen LogP contribution is -2.78. The molecule has 2 fully saturated rings. The number of piperazine rings is 1. The minimum Gasteiger partial charge on any atom is -0.349 e. The highest BCUT2D eigenvalue weighted by Crippen LogP contribution is 2.26. The van der Waals surface area contributed by atoms with E-state index in [9.17, 15) is 24.0 Å². The number of β-lactam (4-membered cyclic amide) rings is 1. The summed E-state index contributed by atoms with van der Waals surface area (Å²) in [7, 11) is 1.16. The average molecular weight is 355 g/mol. The molecule has 2 rings (SSSR count). The second kappa shape index (κ2) is 6.76. The van der Waals surface area contributed by atoms with Crippen LogP contribution >= 0.6 is 0 Å². The van der Waals surface area contributed by atoms with Crippen molar-refractivity contribution in [3.63, 3.8) is 0 Å². The second-order valence-electron chi connectivity index (χ2n) is 5.76. The molecule has 0 aliphatic carbocycles. The molecule has 138 valence electrons. The van der Waals surface area contributed by atoms with Gasteiger partial charge in [0.1, 0.15) is 0 Å². The molecule has 6 amide bonds. The molecule has 0 aromatic carbocycles. The van der Waals surface area contributed by atoms with Gasteiger partial charge in [-0.25, -0.2) is 9.69 Å². The molecule has 25 heavy (non-hydrogen) atoms. The highest BCUT2D eigenvalue weighted by molar-refractivity contribution is 6.38. The lowest BCUT2D eigenvalue weighted by atomic mass is 10.0. The van der Waals surface area contributed by atoms with Gasteiger partial charge in [-0.3, -0.25) is 24.1 Å². The average Bonchev–Trinajstić information content (AvgIpc) is 2.59. The van der Waals surface area contributed by atoms with Gasteiger partial charge in [-0.15, -0.1) is 0 Å². The maximum absolute atomic E-state index is 12.9. The predicted octanol–water partition coefficient (Wildman–Crippen LogP) is -2.55. The number of methoxy groups -OCH3 is 1. The van der Waals surface area contributed by atoms with Crippen LogP contribution in [-0.4, -0.2) is 89.4 Å². The highest BCUT2D eigenvalue weighted by Gasteiger charge is 2.58. The monoisotopic (exact) mass is 355 g/mol. The number of hydrogen-bond donors (Lipinski definition) is 2. The Morgan fingerprint density at radius 2 is 1.96 bits per heavy atom. The van der Waals surface area contributed by atoms with Crippen LogP contribution in [0.4, 0.5) is 4.79 Å². The number of likely N-dealkylation sites (N-methyl/N-ethyl adjacent to an activating group) is 1. The van der Waals surface area contributed by atoms with Crippen molar-refractivity contribution in [3.8, 4) is 0 Å². The van der Waals surface area contributed by atoms with Crippen molar-refractivity contribution in [3.05, 3.63) is 0 Å². The van der Waals surface area contributed by atoms with Crippen LogP contribution < -0.4 is 11.1 Å². The zero-order valence-electron chi connectivity index (χ0n) is 14.3. The summed E-state index contributed by atoms with van der Waals surface area (Å²) in [6, 6.07) is -2.22. The van der Waals surface area contributed by atoms with Crippen LogP contribution in [0.1, 0.15) is 13.8 Å². The quantitative estimate of drug-likeness (QED) is 0.321. The van der Waals surface area contributed by atoms with Crippen LogP contribution in [0.2, 0.25) is 0 Å². The summed E-state index contributed by atoms with van der Waals surface area (Å²) in [5, 5.41) is 2.39. The first-order valence-electron chi connectivity index (χ1n) is 7.79. The summed E-state index contributed by atoms with van der Waals surface area (Å²) in [6.45, 7) is 3.27. The van der Waals surface area contributed by atoms with E-state index in [1.54, 1.807) is 6.92 Å². The SMILES string of the molecule is CCN1CCN(C(=O)N(C(=O)[C@H](C)N)C2(OC)CNC2=O)C(=O)C1=O. The molecule has 3 N–H and O–H groups in total. The molecular formula is C14H21N5O6. The first-order valence-corrected chi connectivity index (χ1v) is 7.79. The zero-order chi connectivity index (χ0) is 18.9. The summed E-state index contributed by atoms with van der Waals surface area (Å²) in [5.41, 5.74) is 3.69.